The highest BCUT2D eigenvalue weighted by Gasteiger charge is 2.19. The van der Waals surface area contributed by atoms with Crippen molar-refractivity contribution in [3.05, 3.63) is 29.8 Å². The second-order valence-electron chi connectivity index (χ2n) is 3.87. The van der Waals surface area contributed by atoms with E-state index in [9.17, 15) is 8.42 Å². The lowest BCUT2D eigenvalue weighted by atomic mass is 10.1. The summed E-state index contributed by atoms with van der Waals surface area (Å²) in [6.45, 7) is 2.48. The first kappa shape index (κ1) is 14.0. The highest BCUT2D eigenvalue weighted by atomic mass is 32.2. The van der Waals surface area contributed by atoms with Crippen LogP contribution in [-0.4, -0.2) is 34.8 Å². The zero-order valence-electron chi connectivity index (χ0n) is 10.6. The molecule has 0 radical (unpaired) electrons. The summed E-state index contributed by atoms with van der Waals surface area (Å²) in [4.78, 5) is 0. The minimum absolute atomic E-state index is 0.109. The zero-order valence-corrected chi connectivity index (χ0v) is 11.4. The highest BCUT2D eigenvalue weighted by Crippen LogP contribution is 2.22. The normalized spacial score (nSPS) is 11.5. The third-order valence-corrected chi connectivity index (χ3v) is 4.49. The summed E-state index contributed by atoms with van der Waals surface area (Å²) in [5.41, 5.74) is 1.81. The molecule has 0 saturated carbocycles. The molecule has 1 rings (SSSR count). The number of nitrogens with one attached hydrogen (secondary N) is 1. The van der Waals surface area contributed by atoms with Crippen LogP contribution in [0, 0.1) is 0 Å². The van der Waals surface area contributed by atoms with Gasteiger partial charge in [-0.25, -0.2) is 8.42 Å². The van der Waals surface area contributed by atoms with E-state index in [1.165, 1.54) is 4.31 Å². The minimum atomic E-state index is -3.24. The van der Waals surface area contributed by atoms with E-state index in [2.05, 4.69) is 5.32 Å². The van der Waals surface area contributed by atoms with Crippen molar-refractivity contribution in [2.24, 2.45) is 0 Å². The molecule has 5 heteroatoms. The first-order valence-electron chi connectivity index (χ1n) is 5.72. The predicted octanol–water partition coefficient (Wildman–Crippen LogP) is 1.23. The van der Waals surface area contributed by atoms with Gasteiger partial charge in [0.15, 0.2) is 0 Å². The molecule has 0 aliphatic rings. The van der Waals surface area contributed by atoms with Gasteiger partial charge >= 0.3 is 0 Å². The van der Waals surface area contributed by atoms with E-state index < -0.39 is 10.0 Å². The second-order valence-corrected chi connectivity index (χ2v) is 5.99. The maximum absolute atomic E-state index is 12.0. The summed E-state index contributed by atoms with van der Waals surface area (Å²) < 4.78 is 25.5. The molecule has 0 spiro atoms. The van der Waals surface area contributed by atoms with Gasteiger partial charge < -0.3 is 5.32 Å². The van der Waals surface area contributed by atoms with Gasteiger partial charge in [0.25, 0.3) is 0 Å². The average Bonchev–Trinajstić information content (AvgIpc) is 2.35. The molecular formula is C12H20N2O2S. The summed E-state index contributed by atoms with van der Waals surface area (Å²) in [6, 6.07) is 7.59. The van der Waals surface area contributed by atoms with Gasteiger partial charge in [-0.3, -0.25) is 4.31 Å². The Morgan fingerprint density at radius 1 is 1.29 bits per heavy atom. The minimum Gasteiger partial charge on any atom is -0.319 e. The molecule has 96 valence electrons. The molecule has 0 aliphatic heterocycles. The molecule has 1 aromatic rings. The van der Waals surface area contributed by atoms with Crippen molar-refractivity contribution >= 4 is 15.7 Å². The van der Waals surface area contributed by atoms with Crippen LogP contribution in [0.4, 0.5) is 5.69 Å². The van der Waals surface area contributed by atoms with Gasteiger partial charge in [-0.15, -0.1) is 0 Å². The van der Waals surface area contributed by atoms with Crippen LogP contribution < -0.4 is 9.62 Å². The monoisotopic (exact) mass is 256 g/mol. The fourth-order valence-electron chi connectivity index (χ4n) is 1.63. The maximum Gasteiger partial charge on any atom is 0.236 e. The molecule has 0 fully saturated rings. The Hall–Kier alpha value is -1.07. The topological polar surface area (TPSA) is 49.4 Å². The number of sulfonamides is 1. The second kappa shape index (κ2) is 6.02. The first-order valence-corrected chi connectivity index (χ1v) is 7.33. The molecule has 0 bridgehead atoms. The molecule has 4 nitrogen and oxygen atoms in total. The smallest absolute Gasteiger partial charge is 0.236 e. The predicted molar refractivity (Wildman–Crippen MR) is 71.9 cm³/mol. The molecule has 1 N–H and O–H groups in total. The molecule has 17 heavy (non-hydrogen) atoms. The van der Waals surface area contributed by atoms with E-state index >= 15 is 0 Å². The summed E-state index contributed by atoms with van der Waals surface area (Å²) >= 11 is 0. The van der Waals surface area contributed by atoms with E-state index in [-0.39, 0.29) is 5.75 Å². The van der Waals surface area contributed by atoms with E-state index in [1.54, 1.807) is 14.1 Å². The number of anilines is 1. The number of rotatable bonds is 6. The number of nitrogens with zero attached hydrogens (tertiary/aromatic N) is 1. The van der Waals surface area contributed by atoms with Gasteiger partial charge in [-0.05, 0) is 25.1 Å². The van der Waals surface area contributed by atoms with Crippen LogP contribution >= 0.6 is 0 Å². The average molecular weight is 256 g/mol. The van der Waals surface area contributed by atoms with Gasteiger partial charge in [0.2, 0.25) is 10.0 Å². The van der Waals surface area contributed by atoms with Crippen molar-refractivity contribution in [3.8, 4) is 0 Å². The Bertz CT molecular complexity index is 457. The maximum atomic E-state index is 12.0. The summed E-state index contributed by atoms with van der Waals surface area (Å²) in [7, 11) is 0.119. The Labute approximate surface area is 104 Å². The van der Waals surface area contributed by atoms with Crippen LogP contribution in [0.25, 0.3) is 0 Å². The van der Waals surface area contributed by atoms with Crippen molar-refractivity contribution < 1.29 is 8.42 Å². The van der Waals surface area contributed by atoms with Gasteiger partial charge in [0.1, 0.15) is 0 Å². The summed E-state index contributed by atoms with van der Waals surface area (Å²) in [5.74, 6) is 0.109. The van der Waals surface area contributed by atoms with Gasteiger partial charge in [0, 0.05) is 13.6 Å². The number of aryl methyl sites for hydroxylation is 1. The van der Waals surface area contributed by atoms with Crippen LogP contribution in [-0.2, 0) is 16.4 Å². The molecular weight excluding hydrogens is 236 g/mol. The van der Waals surface area contributed by atoms with Crippen LogP contribution in [0.1, 0.15) is 12.5 Å². The van der Waals surface area contributed by atoms with Gasteiger partial charge in [0.05, 0.1) is 11.4 Å². The molecule has 0 aromatic heterocycles. The van der Waals surface area contributed by atoms with Crippen LogP contribution in [0.3, 0.4) is 0 Å². The van der Waals surface area contributed by atoms with Crippen molar-refractivity contribution in [2.75, 3.05) is 30.7 Å². The fourth-order valence-corrected chi connectivity index (χ4v) is 2.85. The molecule has 0 unspecified atom stereocenters. The third-order valence-electron chi connectivity index (χ3n) is 2.74. The van der Waals surface area contributed by atoms with Crippen LogP contribution in [0.2, 0.25) is 0 Å². The SMILES string of the molecule is CCc1ccccc1N(C)S(=O)(=O)CCNC. The van der Waals surface area contributed by atoms with Crippen molar-refractivity contribution in [1.29, 1.82) is 0 Å². The standard InChI is InChI=1S/C12H20N2O2S/c1-4-11-7-5-6-8-12(11)14(3)17(15,16)10-9-13-2/h5-8,13H,4,9-10H2,1-3H3. The lowest BCUT2D eigenvalue weighted by molar-refractivity contribution is 0.592. The first-order chi connectivity index (χ1) is 8.03. The Balaban J connectivity index is 2.99. The molecule has 1 aromatic carbocycles. The molecule has 0 amide bonds. The van der Waals surface area contributed by atoms with Crippen LogP contribution in [0.15, 0.2) is 24.3 Å². The molecule has 0 saturated heterocycles. The highest BCUT2D eigenvalue weighted by molar-refractivity contribution is 7.92. The third kappa shape index (κ3) is 3.44. The largest absolute Gasteiger partial charge is 0.319 e. The van der Waals surface area contributed by atoms with Crippen molar-refractivity contribution in [2.45, 2.75) is 13.3 Å². The lowest BCUT2D eigenvalue weighted by Crippen LogP contribution is -2.33. The zero-order chi connectivity index (χ0) is 12.9. The molecule has 0 heterocycles. The number of hydrogen-bond acceptors (Lipinski definition) is 3. The van der Waals surface area contributed by atoms with E-state index in [0.29, 0.717) is 6.54 Å². The summed E-state index contributed by atoms with van der Waals surface area (Å²) in [6.07, 6.45) is 0.821. The van der Waals surface area contributed by atoms with E-state index in [1.807, 2.05) is 31.2 Å². The molecule has 0 aliphatic carbocycles. The van der Waals surface area contributed by atoms with E-state index in [0.717, 1.165) is 17.7 Å². The molecule has 0 atom stereocenters. The summed E-state index contributed by atoms with van der Waals surface area (Å²) in [5, 5.41) is 2.85. The van der Waals surface area contributed by atoms with Crippen LogP contribution in [0.5, 0.6) is 0 Å². The van der Waals surface area contributed by atoms with Gasteiger partial charge in [-0.1, -0.05) is 25.1 Å². The Morgan fingerprint density at radius 3 is 2.53 bits per heavy atom. The quantitative estimate of drug-likeness (QED) is 0.833. The number of para-hydroxylation sites is 1. The number of benzene rings is 1. The van der Waals surface area contributed by atoms with E-state index in [4.69, 9.17) is 0 Å². The fraction of sp³-hybridized carbons (Fsp3) is 0.500. The van der Waals surface area contributed by atoms with Crippen molar-refractivity contribution in [1.82, 2.24) is 5.32 Å². The van der Waals surface area contributed by atoms with Gasteiger partial charge in [-0.2, -0.15) is 0 Å². The Morgan fingerprint density at radius 2 is 1.94 bits per heavy atom. The Kier molecular flexibility index (Phi) is 4.96. The number of hydrogen-bond donors (Lipinski definition) is 1. The lowest BCUT2D eigenvalue weighted by Gasteiger charge is -2.21. The van der Waals surface area contributed by atoms with Crippen molar-refractivity contribution in [3.63, 3.8) is 0 Å².